The molecule has 1 saturated heterocycles. The number of benzene rings is 2. The largest absolute Gasteiger partial charge is 0.485 e. The van der Waals surface area contributed by atoms with Gasteiger partial charge in [-0.15, -0.1) is 0 Å². The van der Waals surface area contributed by atoms with E-state index in [4.69, 9.17) is 9.47 Å². The number of aliphatic carboxylic acids is 1. The molecule has 3 aromatic rings. The molecule has 3 aliphatic rings. The van der Waals surface area contributed by atoms with E-state index in [2.05, 4.69) is 54.1 Å². The summed E-state index contributed by atoms with van der Waals surface area (Å²) in [6.45, 7) is 8.09. The predicted octanol–water partition coefficient (Wildman–Crippen LogP) is 7.55. The molecule has 6 rings (SSSR count). The number of carbonyl (C=O) groups is 1. The van der Waals surface area contributed by atoms with Gasteiger partial charge in [0.05, 0.1) is 19.2 Å². The number of halogens is 1. The second-order valence-corrected chi connectivity index (χ2v) is 13.0. The van der Waals surface area contributed by atoms with Crippen LogP contribution in [0.1, 0.15) is 87.2 Å². The molecule has 1 N–H and O–H groups in total. The van der Waals surface area contributed by atoms with Crippen LogP contribution >= 0.6 is 0 Å². The molecule has 1 aliphatic carbocycles. The Bertz CT molecular complexity index is 1480. The average molecular weight is 573 g/mol. The van der Waals surface area contributed by atoms with Crippen molar-refractivity contribution in [2.24, 2.45) is 11.8 Å². The molecule has 2 aliphatic heterocycles. The molecule has 3 heterocycles. The van der Waals surface area contributed by atoms with E-state index in [9.17, 15) is 9.90 Å². The maximum absolute atomic E-state index is 15.1. The van der Waals surface area contributed by atoms with E-state index in [1.54, 1.807) is 13.2 Å². The molecule has 2 unspecified atom stereocenters. The van der Waals surface area contributed by atoms with E-state index in [0.717, 1.165) is 78.6 Å². The van der Waals surface area contributed by atoms with E-state index in [1.807, 2.05) is 13.0 Å². The lowest BCUT2D eigenvalue weighted by atomic mass is 9.82. The molecule has 222 valence electrons. The minimum absolute atomic E-state index is 0.00118. The Kier molecular flexibility index (Phi) is 7.73. The topological polar surface area (TPSA) is 71.9 Å². The Hall–Kier alpha value is -3.45. The number of hydrogen-bond acceptors (Lipinski definition) is 5. The van der Waals surface area contributed by atoms with Crippen LogP contribution in [-0.4, -0.2) is 40.2 Å². The average Bonchev–Trinajstić information content (AvgIpc) is 3.76. The summed E-state index contributed by atoms with van der Waals surface area (Å²) in [6, 6.07) is 14.2. The summed E-state index contributed by atoms with van der Waals surface area (Å²) < 4.78 is 27.1. The van der Waals surface area contributed by atoms with Crippen molar-refractivity contribution in [1.29, 1.82) is 0 Å². The van der Waals surface area contributed by atoms with Gasteiger partial charge in [-0.05, 0) is 105 Å². The van der Waals surface area contributed by atoms with Gasteiger partial charge in [0.1, 0.15) is 17.7 Å². The van der Waals surface area contributed by atoms with E-state index in [-0.39, 0.29) is 23.4 Å². The van der Waals surface area contributed by atoms with Crippen molar-refractivity contribution < 1.29 is 23.8 Å². The van der Waals surface area contributed by atoms with Crippen LogP contribution in [-0.2, 0) is 17.8 Å². The van der Waals surface area contributed by atoms with Gasteiger partial charge in [0.25, 0.3) is 0 Å². The van der Waals surface area contributed by atoms with Gasteiger partial charge in [-0.2, -0.15) is 0 Å². The third-order valence-electron chi connectivity index (χ3n) is 9.74. The Labute approximate surface area is 247 Å². The zero-order valence-corrected chi connectivity index (χ0v) is 25.0. The Balaban J connectivity index is 1.33. The SMILES string of the molecule is COc1cc(-c2ccc(C3CCc4ccc(C(C5CC5)[C@H](C)C(=O)O)cc4O3)cc2CN2CCCC2(C)C)c(F)cn1. The van der Waals surface area contributed by atoms with Crippen LogP contribution in [0.15, 0.2) is 48.7 Å². The molecule has 1 aromatic heterocycles. The number of pyridine rings is 1. The Morgan fingerprint density at radius 2 is 1.98 bits per heavy atom. The molecule has 3 atom stereocenters. The van der Waals surface area contributed by atoms with E-state index in [0.29, 0.717) is 23.9 Å². The van der Waals surface area contributed by atoms with Crippen molar-refractivity contribution in [3.05, 3.63) is 76.7 Å². The lowest BCUT2D eigenvalue weighted by Gasteiger charge is -2.33. The molecule has 0 bridgehead atoms. The molecular formula is C35H41FN2O4. The number of methoxy groups -OCH3 is 1. The molecule has 0 amide bonds. The number of rotatable bonds is 9. The molecule has 1 saturated carbocycles. The van der Waals surface area contributed by atoms with Gasteiger partial charge in [-0.1, -0.05) is 37.3 Å². The van der Waals surface area contributed by atoms with Gasteiger partial charge in [0, 0.05) is 23.7 Å². The first kappa shape index (κ1) is 28.7. The highest BCUT2D eigenvalue weighted by Gasteiger charge is 2.39. The van der Waals surface area contributed by atoms with Crippen LogP contribution in [0.2, 0.25) is 0 Å². The van der Waals surface area contributed by atoms with Crippen LogP contribution in [0.4, 0.5) is 4.39 Å². The highest BCUT2D eigenvalue weighted by Crippen LogP contribution is 2.48. The van der Waals surface area contributed by atoms with Crippen LogP contribution in [0, 0.1) is 17.7 Å². The van der Waals surface area contributed by atoms with Gasteiger partial charge < -0.3 is 14.6 Å². The number of hydrogen-bond donors (Lipinski definition) is 1. The van der Waals surface area contributed by atoms with Crippen LogP contribution in [0.3, 0.4) is 0 Å². The summed E-state index contributed by atoms with van der Waals surface area (Å²) in [5.74, 6) is 0.0921. The number of carboxylic acid groups (broad SMARTS) is 1. The highest BCUT2D eigenvalue weighted by molar-refractivity contribution is 5.71. The van der Waals surface area contributed by atoms with Crippen molar-refractivity contribution in [2.75, 3.05) is 13.7 Å². The van der Waals surface area contributed by atoms with Gasteiger partial charge in [-0.3, -0.25) is 9.69 Å². The maximum atomic E-state index is 15.1. The summed E-state index contributed by atoms with van der Waals surface area (Å²) >= 11 is 0. The lowest BCUT2D eigenvalue weighted by molar-refractivity contribution is -0.142. The van der Waals surface area contributed by atoms with Gasteiger partial charge in [0.2, 0.25) is 5.88 Å². The van der Waals surface area contributed by atoms with Crippen LogP contribution < -0.4 is 9.47 Å². The number of aryl methyl sites for hydroxylation is 1. The van der Waals surface area contributed by atoms with Gasteiger partial charge >= 0.3 is 5.97 Å². The number of carboxylic acids is 1. The quantitative estimate of drug-likeness (QED) is 0.285. The molecule has 0 spiro atoms. The van der Waals surface area contributed by atoms with Crippen molar-refractivity contribution in [3.8, 4) is 22.8 Å². The maximum Gasteiger partial charge on any atom is 0.306 e. The first-order chi connectivity index (χ1) is 20.1. The lowest BCUT2D eigenvalue weighted by Crippen LogP contribution is -2.37. The normalized spacial score (nSPS) is 21.3. The van der Waals surface area contributed by atoms with E-state index in [1.165, 1.54) is 6.20 Å². The highest BCUT2D eigenvalue weighted by atomic mass is 19.1. The number of aromatic nitrogens is 1. The molecule has 2 aromatic carbocycles. The zero-order valence-electron chi connectivity index (χ0n) is 25.0. The summed E-state index contributed by atoms with van der Waals surface area (Å²) in [5, 5.41) is 9.76. The molecule has 7 heteroatoms. The fourth-order valence-electron chi connectivity index (χ4n) is 7.01. The number of likely N-dealkylation sites (tertiary alicyclic amines) is 1. The van der Waals surface area contributed by atoms with Gasteiger partial charge in [0.15, 0.2) is 0 Å². The van der Waals surface area contributed by atoms with Crippen molar-refractivity contribution >= 4 is 5.97 Å². The molecule has 6 nitrogen and oxygen atoms in total. The molecule has 2 fully saturated rings. The zero-order chi connectivity index (χ0) is 29.6. The summed E-state index contributed by atoms with van der Waals surface area (Å²) in [7, 11) is 1.54. The summed E-state index contributed by atoms with van der Waals surface area (Å²) in [6.07, 6.45) is 7.25. The fourth-order valence-corrected chi connectivity index (χ4v) is 7.01. The third-order valence-corrected chi connectivity index (χ3v) is 9.74. The second-order valence-electron chi connectivity index (χ2n) is 13.0. The fraction of sp³-hybridized carbons (Fsp3) is 0.486. The van der Waals surface area contributed by atoms with Crippen molar-refractivity contribution in [2.45, 2.75) is 83.4 Å². The first-order valence-corrected chi connectivity index (χ1v) is 15.2. The van der Waals surface area contributed by atoms with E-state index >= 15 is 4.39 Å². The monoisotopic (exact) mass is 572 g/mol. The van der Waals surface area contributed by atoms with Crippen LogP contribution in [0.25, 0.3) is 11.1 Å². The number of fused-ring (bicyclic) bond motifs is 1. The van der Waals surface area contributed by atoms with Gasteiger partial charge in [-0.25, -0.2) is 9.37 Å². The van der Waals surface area contributed by atoms with Crippen LogP contribution in [0.5, 0.6) is 11.6 Å². The summed E-state index contributed by atoms with van der Waals surface area (Å²) in [4.78, 5) is 18.4. The molecule has 0 radical (unpaired) electrons. The summed E-state index contributed by atoms with van der Waals surface area (Å²) in [5.41, 5.74) is 5.74. The third kappa shape index (κ3) is 5.63. The molecule has 42 heavy (non-hydrogen) atoms. The predicted molar refractivity (Wildman–Crippen MR) is 160 cm³/mol. The van der Waals surface area contributed by atoms with Crippen molar-refractivity contribution in [3.63, 3.8) is 0 Å². The second kappa shape index (κ2) is 11.3. The Morgan fingerprint density at radius 1 is 1.17 bits per heavy atom. The minimum Gasteiger partial charge on any atom is -0.485 e. The standard InChI is InChI=1S/C35H41FN2O4/c1-21(34(39)40)33(23-7-8-23)25-9-6-22-11-13-30(42-31(22)17-25)24-10-12-27(28-18-32(41-4)37-19-29(28)36)26(16-24)20-38-15-5-14-35(38,2)3/h6,9-10,12,16-19,21,23,30,33H,5,7-8,11,13-15,20H2,1-4H3,(H,39,40)/t21-,30?,33?/m0/s1. The Morgan fingerprint density at radius 3 is 2.67 bits per heavy atom. The van der Waals surface area contributed by atoms with Crippen molar-refractivity contribution in [1.82, 2.24) is 9.88 Å². The first-order valence-electron chi connectivity index (χ1n) is 15.2. The minimum atomic E-state index is -0.750. The smallest absolute Gasteiger partial charge is 0.306 e. The van der Waals surface area contributed by atoms with E-state index < -0.39 is 11.9 Å². The molecular weight excluding hydrogens is 531 g/mol. The number of nitrogens with zero attached hydrogens (tertiary/aromatic N) is 2. The number of ether oxygens (including phenoxy) is 2.